The van der Waals surface area contributed by atoms with Crippen LogP contribution in [0.5, 0.6) is 5.75 Å². The third-order valence-corrected chi connectivity index (χ3v) is 4.24. The summed E-state index contributed by atoms with van der Waals surface area (Å²) in [5.74, 6) is 0.906. The lowest BCUT2D eigenvalue weighted by molar-refractivity contribution is -0.117. The van der Waals surface area contributed by atoms with Crippen molar-refractivity contribution >= 4 is 27.7 Å². The molecule has 0 aliphatic carbocycles. The zero-order chi connectivity index (χ0) is 14.1. The Morgan fingerprint density at radius 2 is 2.35 bits per heavy atom. The molecule has 1 aromatic carbocycles. The summed E-state index contributed by atoms with van der Waals surface area (Å²) in [5.41, 5.74) is 1.88. The van der Waals surface area contributed by atoms with E-state index in [2.05, 4.69) is 31.4 Å². The second kappa shape index (κ2) is 5.28. The maximum Gasteiger partial charge on any atom is 0.236 e. The van der Waals surface area contributed by atoms with E-state index in [-0.39, 0.29) is 11.8 Å². The minimum Gasteiger partial charge on any atom is -0.492 e. The maximum absolute atomic E-state index is 12.4. The number of H-pyrrole nitrogens is 1. The van der Waals surface area contributed by atoms with Crippen LogP contribution in [0.2, 0.25) is 0 Å². The average molecular weight is 336 g/mol. The number of carbonyl (C=O) groups excluding carboxylic acids is 1. The first-order valence-corrected chi connectivity index (χ1v) is 7.25. The van der Waals surface area contributed by atoms with E-state index in [1.165, 1.54) is 0 Å². The molecule has 0 spiro atoms. The number of amides is 1. The highest BCUT2D eigenvalue weighted by Gasteiger charge is 2.30. The van der Waals surface area contributed by atoms with Crippen LogP contribution in [-0.2, 0) is 11.2 Å². The highest BCUT2D eigenvalue weighted by molar-refractivity contribution is 9.10. The molecule has 1 atom stereocenters. The fourth-order valence-corrected chi connectivity index (χ4v) is 2.82. The zero-order valence-electron chi connectivity index (χ0n) is 10.9. The van der Waals surface area contributed by atoms with Crippen LogP contribution in [0.1, 0.15) is 24.1 Å². The van der Waals surface area contributed by atoms with Crippen molar-refractivity contribution in [3.05, 3.63) is 40.0 Å². The van der Waals surface area contributed by atoms with Gasteiger partial charge >= 0.3 is 0 Å². The third kappa shape index (κ3) is 2.20. The first kappa shape index (κ1) is 13.2. The van der Waals surface area contributed by atoms with Gasteiger partial charge in [-0.05, 0) is 28.4 Å². The SMILES string of the molecule is CCc1[nH]nc(NC(=O)[C@@H]2COc3ccccc32)c1Br. The number of nitrogens with zero attached hydrogens (tertiary/aromatic N) is 1. The Kier molecular flexibility index (Phi) is 3.48. The van der Waals surface area contributed by atoms with Gasteiger partial charge < -0.3 is 10.1 Å². The number of nitrogens with one attached hydrogen (secondary N) is 2. The number of hydrogen-bond donors (Lipinski definition) is 2. The number of carbonyl (C=O) groups is 1. The van der Waals surface area contributed by atoms with Crippen LogP contribution in [0.4, 0.5) is 5.82 Å². The third-order valence-electron chi connectivity index (χ3n) is 3.39. The standard InChI is InChI=1S/C14H14BrN3O2/c1-2-10-12(15)13(18-17-10)16-14(19)9-7-20-11-6-4-3-5-8(9)11/h3-6,9H,2,7H2,1H3,(H2,16,17,18,19)/t9-/m1/s1. The number of benzene rings is 1. The lowest BCUT2D eigenvalue weighted by Crippen LogP contribution is -2.22. The van der Waals surface area contributed by atoms with Crippen molar-refractivity contribution in [2.24, 2.45) is 0 Å². The molecule has 20 heavy (non-hydrogen) atoms. The van der Waals surface area contributed by atoms with Crippen LogP contribution < -0.4 is 10.1 Å². The fraction of sp³-hybridized carbons (Fsp3) is 0.286. The maximum atomic E-state index is 12.4. The Morgan fingerprint density at radius 3 is 3.10 bits per heavy atom. The molecule has 0 fully saturated rings. The van der Waals surface area contributed by atoms with E-state index in [1.807, 2.05) is 31.2 Å². The molecule has 0 bridgehead atoms. The van der Waals surface area contributed by atoms with Crippen molar-refractivity contribution in [2.75, 3.05) is 11.9 Å². The van der Waals surface area contributed by atoms with Gasteiger partial charge in [0.05, 0.1) is 10.2 Å². The highest BCUT2D eigenvalue weighted by atomic mass is 79.9. The number of para-hydroxylation sites is 1. The molecule has 1 amide bonds. The Bertz CT molecular complexity index is 654. The van der Waals surface area contributed by atoms with Gasteiger partial charge in [-0.1, -0.05) is 25.1 Å². The molecular formula is C14H14BrN3O2. The minimum atomic E-state index is -0.292. The van der Waals surface area contributed by atoms with E-state index < -0.39 is 0 Å². The molecule has 1 aliphatic heterocycles. The van der Waals surface area contributed by atoms with Gasteiger partial charge in [0.15, 0.2) is 5.82 Å². The van der Waals surface area contributed by atoms with Crippen molar-refractivity contribution in [1.82, 2.24) is 10.2 Å². The number of halogens is 1. The Labute approximate surface area is 124 Å². The summed E-state index contributed by atoms with van der Waals surface area (Å²) in [4.78, 5) is 12.4. The van der Waals surface area contributed by atoms with E-state index in [4.69, 9.17) is 4.74 Å². The molecular weight excluding hydrogens is 322 g/mol. The predicted molar refractivity (Wildman–Crippen MR) is 79.0 cm³/mol. The van der Waals surface area contributed by atoms with Gasteiger partial charge in [-0.25, -0.2) is 0 Å². The first-order valence-electron chi connectivity index (χ1n) is 6.46. The number of ether oxygens (including phenoxy) is 1. The largest absolute Gasteiger partial charge is 0.492 e. The van der Waals surface area contributed by atoms with Crippen LogP contribution in [0.3, 0.4) is 0 Å². The Hall–Kier alpha value is -1.82. The summed E-state index contributed by atoms with van der Waals surface area (Å²) in [6.45, 7) is 2.39. The molecule has 1 aromatic heterocycles. The van der Waals surface area contributed by atoms with E-state index in [0.29, 0.717) is 12.4 Å². The molecule has 0 unspecified atom stereocenters. The van der Waals surface area contributed by atoms with Gasteiger partial charge in [-0.15, -0.1) is 0 Å². The van der Waals surface area contributed by atoms with Crippen molar-refractivity contribution in [2.45, 2.75) is 19.3 Å². The Morgan fingerprint density at radius 1 is 1.55 bits per heavy atom. The molecule has 0 saturated carbocycles. The molecule has 104 valence electrons. The van der Waals surface area contributed by atoms with Crippen LogP contribution in [0.15, 0.2) is 28.7 Å². The first-order chi connectivity index (χ1) is 9.70. The summed E-state index contributed by atoms with van der Waals surface area (Å²) in [5, 5.41) is 9.84. The summed E-state index contributed by atoms with van der Waals surface area (Å²) < 4.78 is 6.33. The molecule has 0 radical (unpaired) electrons. The zero-order valence-corrected chi connectivity index (χ0v) is 12.5. The average Bonchev–Trinajstić information content (AvgIpc) is 3.03. The summed E-state index contributed by atoms with van der Waals surface area (Å²) in [6.07, 6.45) is 0.818. The number of fused-ring (bicyclic) bond motifs is 1. The topological polar surface area (TPSA) is 67.0 Å². The number of aromatic nitrogens is 2. The van der Waals surface area contributed by atoms with Crippen molar-refractivity contribution < 1.29 is 9.53 Å². The van der Waals surface area contributed by atoms with Gasteiger partial charge in [-0.3, -0.25) is 9.89 Å². The monoisotopic (exact) mass is 335 g/mol. The number of hydrogen-bond acceptors (Lipinski definition) is 3. The second-order valence-corrected chi connectivity index (χ2v) is 5.40. The second-order valence-electron chi connectivity index (χ2n) is 4.61. The fourth-order valence-electron chi connectivity index (χ4n) is 2.27. The van der Waals surface area contributed by atoms with Gasteiger partial charge in [0.2, 0.25) is 5.91 Å². The molecule has 2 aromatic rings. The van der Waals surface area contributed by atoms with E-state index in [9.17, 15) is 4.79 Å². The van der Waals surface area contributed by atoms with Crippen molar-refractivity contribution in [3.8, 4) is 5.75 Å². The number of rotatable bonds is 3. The van der Waals surface area contributed by atoms with Gasteiger partial charge in [0.1, 0.15) is 18.3 Å². The minimum absolute atomic E-state index is 0.107. The number of aryl methyl sites for hydroxylation is 1. The van der Waals surface area contributed by atoms with Crippen molar-refractivity contribution in [3.63, 3.8) is 0 Å². The van der Waals surface area contributed by atoms with E-state index in [1.54, 1.807) is 0 Å². The molecule has 1 aliphatic rings. The summed E-state index contributed by atoms with van der Waals surface area (Å²) in [7, 11) is 0. The van der Waals surface area contributed by atoms with E-state index in [0.717, 1.165) is 27.9 Å². The van der Waals surface area contributed by atoms with Crippen LogP contribution >= 0.6 is 15.9 Å². The summed E-state index contributed by atoms with van der Waals surface area (Å²) in [6, 6.07) is 7.61. The number of anilines is 1. The molecule has 3 rings (SSSR count). The normalized spacial score (nSPS) is 16.6. The van der Waals surface area contributed by atoms with Crippen LogP contribution in [-0.4, -0.2) is 22.7 Å². The van der Waals surface area contributed by atoms with E-state index >= 15 is 0 Å². The van der Waals surface area contributed by atoms with Crippen molar-refractivity contribution in [1.29, 1.82) is 0 Å². The molecule has 0 saturated heterocycles. The lowest BCUT2D eigenvalue weighted by atomic mass is 10.0. The number of aromatic amines is 1. The van der Waals surface area contributed by atoms with Gasteiger partial charge in [0, 0.05) is 5.56 Å². The highest BCUT2D eigenvalue weighted by Crippen LogP contribution is 2.34. The summed E-state index contributed by atoms with van der Waals surface area (Å²) >= 11 is 3.44. The molecule has 6 heteroatoms. The van der Waals surface area contributed by atoms with Gasteiger partial charge in [-0.2, -0.15) is 5.10 Å². The molecule has 2 heterocycles. The van der Waals surface area contributed by atoms with Crippen LogP contribution in [0.25, 0.3) is 0 Å². The molecule has 5 nitrogen and oxygen atoms in total. The van der Waals surface area contributed by atoms with Gasteiger partial charge in [0.25, 0.3) is 0 Å². The lowest BCUT2D eigenvalue weighted by Gasteiger charge is -2.08. The quantitative estimate of drug-likeness (QED) is 0.906. The Balaban J connectivity index is 1.79. The molecule has 2 N–H and O–H groups in total. The predicted octanol–water partition coefficient (Wildman–Crippen LogP) is 2.85. The smallest absolute Gasteiger partial charge is 0.236 e. The van der Waals surface area contributed by atoms with Crippen LogP contribution in [0, 0.1) is 0 Å².